The first kappa shape index (κ1) is 13.6. The highest BCUT2D eigenvalue weighted by Crippen LogP contribution is 2.06. The van der Waals surface area contributed by atoms with E-state index in [0.717, 1.165) is 32.4 Å². The number of rotatable bonds is 6. The maximum absolute atomic E-state index is 11.7. The lowest BCUT2D eigenvalue weighted by molar-refractivity contribution is -0.129. The van der Waals surface area contributed by atoms with E-state index >= 15 is 0 Å². The van der Waals surface area contributed by atoms with Crippen molar-refractivity contribution in [3.05, 3.63) is 0 Å². The molecule has 0 aromatic carbocycles. The Morgan fingerprint density at radius 3 is 2.62 bits per heavy atom. The molecule has 94 valence electrons. The van der Waals surface area contributed by atoms with Gasteiger partial charge in [-0.1, -0.05) is 0 Å². The van der Waals surface area contributed by atoms with Gasteiger partial charge in [-0.25, -0.2) is 0 Å². The Labute approximate surface area is 100 Å². The van der Waals surface area contributed by atoms with Crippen LogP contribution in [0, 0.1) is 0 Å². The Bertz CT molecular complexity index is 252. The molecule has 1 saturated heterocycles. The summed E-state index contributed by atoms with van der Waals surface area (Å²) in [6.45, 7) is 4.27. The zero-order valence-corrected chi connectivity index (χ0v) is 11.0. The Kier molecular flexibility index (Phi) is 5.98. The zero-order chi connectivity index (χ0) is 12.0. The van der Waals surface area contributed by atoms with Crippen LogP contribution in [0.2, 0.25) is 0 Å². The Morgan fingerprint density at radius 2 is 2.06 bits per heavy atom. The summed E-state index contributed by atoms with van der Waals surface area (Å²) in [6, 6.07) is 0.260. The van der Waals surface area contributed by atoms with Gasteiger partial charge in [0, 0.05) is 41.9 Å². The fraction of sp³-hybridized carbons (Fsp3) is 0.909. The summed E-state index contributed by atoms with van der Waals surface area (Å²) in [7, 11) is -0.738. The molecule has 16 heavy (non-hydrogen) atoms. The van der Waals surface area contributed by atoms with E-state index in [4.69, 9.17) is 0 Å². The van der Waals surface area contributed by atoms with Crippen LogP contribution >= 0.6 is 0 Å². The van der Waals surface area contributed by atoms with Gasteiger partial charge in [-0.3, -0.25) is 9.00 Å². The minimum absolute atomic E-state index is 0.196. The smallest absolute Gasteiger partial charge is 0.236 e. The average Bonchev–Trinajstić information content (AvgIpc) is 2.76. The van der Waals surface area contributed by atoms with Crippen molar-refractivity contribution in [1.29, 1.82) is 0 Å². The van der Waals surface area contributed by atoms with Crippen LogP contribution in [0.5, 0.6) is 0 Å². The van der Waals surface area contributed by atoms with E-state index in [-0.39, 0.29) is 11.9 Å². The van der Waals surface area contributed by atoms with Crippen LogP contribution in [0.3, 0.4) is 0 Å². The van der Waals surface area contributed by atoms with Crippen molar-refractivity contribution >= 4 is 16.7 Å². The summed E-state index contributed by atoms with van der Waals surface area (Å²) in [5.74, 6) is 0.897. The maximum Gasteiger partial charge on any atom is 0.236 e. The average molecular weight is 246 g/mol. The third-order valence-electron chi connectivity index (χ3n) is 2.90. The standard InChI is InChI=1S/C11H22N2O2S/c1-10(5-8-16(2)15)12-9-11(14)13-6-3-4-7-13/h10,12H,3-9H2,1-2H3. The first-order valence-corrected chi connectivity index (χ1v) is 7.63. The van der Waals surface area contributed by atoms with Gasteiger partial charge in [0.05, 0.1) is 6.54 Å². The van der Waals surface area contributed by atoms with E-state index in [9.17, 15) is 9.00 Å². The van der Waals surface area contributed by atoms with Crippen LogP contribution in [-0.4, -0.2) is 52.7 Å². The van der Waals surface area contributed by atoms with Gasteiger partial charge in [0.2, 0.25) is 5.91 Å². The van der Waals surface area contributed by atoms with Gasteiger partial charge in [0.1, 0.15) is 0 Å². The molecule has 0 radical (unpaired) electrons. The maximum atomic E-state index is 11.7. The molecule has 2 atom stereocenters. The van der Waals surface area contributed by atoms with Crippen LogP contribution < -0.4 is 5.32 Å². The fourth-order valence-corrected chi connectivity index (χ4v) is 2.47. The summed E-state index contributed by atoms with van der Waals surface area (Å²) in [5.41, 5.74) is 0. The van der Waals surface area contributed by atoms with Crippen LogP contribution in [-0.2, 0) is 15.6 Å². The number of nitrogens with zero attached hydrogens (tertiary/aromatic N) is 1. The van der Waals surface area contributed by atoms with E-state index < -0.39 is 10.8 Å². The second-order valence-electron chi connectivity index (χ2n) is 4.44. The van der Waals surface area contributed by atoms with Gasteiger partial charge in [0.25, 0.3) is 0 Å². The molecule has 1 aliphatic rings. The van der Waals surface area contributed by atoms with Gasteiger partial charge < -0.3 is 10.2 Å². The van der Waals surface area contributed by atoms with Gasteiger partial charge >= 0.3 is 0 Å². The lowest BCUT2D eigenvalue weighted by atomic mass is 10.2. The lowest BCUT2D eigenvalue weighted by Gasteiger charge is -2.18. The predicted octanol–water partition coefficient (Wildman–Crippen LogP) is 0.356. The van der Waals surface area contributed by atoms with E-state index in [0.29, 0.717) is 12.3 Å². The summed E-state index contributed by atoms with van der Waals surface area (Å²) >= 11 is 0. The van der Waals surface area contributed by atoms with Crippen molar-refractivity contribution in [1.82, 2.24) is 10.2 Å². The summed E-state index contributed by atoms with van der Waals surface area (Å²) in [4.78, 5) is 13.6. The fourth-order valence-electron chi connectivity index (χ4n) is 1.78. The molecule has 0 bridgehead atoms. The predicted molar refractivity (Wildman–Crippen MR) is 66.8 cm³/mol. The van der Waals surface area contributed by atoms with Crippen molar-refractivity contribution in [3.8, 4) is 0 Å². The number of nitrogens with one attached hydrogen (secondary N) is 1. The number of carbonyl (C=O) groups is 1. The van der Waals surface area contributed by atoms with Crippen molar-refractivity contribution in [2.75, 3.05) is 31.6 Å². The van der Waals surface area contributed by atoms with Crippen molar-refractivity contribution in [2.24, 2.45) is 0 Å². The molecule has 1 aliphatic heterocycles. The minimum Gasteiger partial charge on any atom is -0.342 e. The molecule has 0 aliphatic carbocycles. The molecule has 0 spiro atoms. The van der Waals surface area contributed by atoms with Crippen molar-refractivity contribution in [2.45, 2.75) is 32.2 Å². The van der Waals surface area contributed by atoms with Crippen LogP contribution in [0.15, 0.2) is 0 Å². The highest BCUT2D eigenvalue weighted by molar-refractivity contribution is 7.84. The number of amides is 1. The number of carbonyl (C=O) groups excluding carboxylic acids is 1. The largest absolute Gasteiger partial charge is 0.342 e. The van der Waals surface area contributed by atoms with Crippen LogP contribution in [0.1, 0.15) is 26.2 Å². The van der Waals surface area contributed by atoms with Gasteiger partial charge in [-0.05, 0) is 26.2 Å². The molecule has 1 N–H and O–H groups in total. The minimum atomic E-state index is -0.738. The van der Waals surface area contributed by atoms with Crippen molar-refractivity contribution < 1.29 is 9.00 Å². The van der Waals surface area contributed by atoms with Gasteiger partial charge in [0.15, 0.2) is 0 Å². The topological polar surface area (TPSA) is 49.4 Å². The lowest BCUT2D eigenvalue weighted by Crippen LogP contribution is -2.39. The number of hydrogen-bond donors (Lipinski definition) is 1. The zero-order valence-electron chi connectivity index (χ0n) is 10.2. The van der Waals surface area contributed by atoms with E-state index in [1.54, 1.807) is 6.26 Å². The Balaban J connectivity index is 2.12. The second kappa shape index (κ2) is 7.01. The first-order chi connectivity index (χ1) is 7.59. The number of likely N-dealkylation sites (tertiary alicyclic amines) is 1. The third kappa shape index (κ3) is 5.07. The molecule has 5 heteroatoms. The molecule has 0 saturated carbocycles. The molecule has 0 aromatic rings. The SMILES string of the molecule is CC(CCS(C)=O)NCC(=O)N1CCCC1. The monoisotopic (exact) mass is 246 g/mol. The Morgan fingerprint density at radius 1 is 1.44 bits per heavy atom. The summed E-state index contributed by atoms with van der Waals surface area (Å²) in [5, 5.41) is 3.19. The highest BCUT2D eigenvalue weighted by Gasteiger charge is 2.17. The molecule has 1 rings (SSSR count). The summed E-state index contributed by atoms with van der Waals surface area (Å²) < 4.78 is 10.9. The van der Waals surface area contributed by atoms with Gasteiger partial charge in [-0.15, -0.1) is 0 Å². The molecular formula is C11H22N2O2S. The molecule has 4 nitrogen and oxygen atoms in total. The van der Waals surface area contributed by atoms with E-state index in [1.807, 2.05) is 11.8 Å². The second-order valence-corrected chi connectivity index (χ2v) is 5.99. The van der Waals surface area contributed by atoms with E-state index in [2.05, 4.69) is 5.32 Å². The van der Waals surface area contributed by atoms with E-state index in [1.165, 1.54) is 0 Å². The third-order valence-corrected chi connectivity index (χ3v) is 3.71. The van der Waals surface area contributed by atoms with Crippen LogP contribution in [0.4, 0.5) is 0 Å². The first-order valence-electron chi connectivity index (χ1n) is 5.91. The Hall–Kier alpha value is -0.420. The van der Waals surface area contributed by atoms with Crippen LogP contribution in [0.25, 0.3) is 0 Å². The molecule has 1 heterocycles. The highest BCUT2D eigenvalue weighted by atomic mass is 32.2. The summed E-state index contributed by atoms with van der Waals surface area (Å²) in [6.07, 6.45) is 4.84. The van der Waals surface area contributed by atoms with Crippen molar-refractivity contribution in [3.63, 3.8) is 0 Å². The molecule has 0 aromatic heterocycles. The normalized spacial score (nSPS) is 19.8. The molecule has 2 unspecified atom stereocenters. The molecule has 1 amide bonds. The van der Waals surface area contributed by atoms with Gasteiger partial charge in [-0.2, -0.15) is 0 Å². The number of hydrogen-bond acceptors (Lipinski definition) is 3. The molecular weight excluding hydrogens is 224 g/mol. The molecule has 1 fully saturated rings. The quantitative estimate of drug-likeness (QED) is 0.736.